The number of ether oxygens (including phenoxy) is 2. The topological polar surface area (TPSA) is 59.3 Å². The Morgan fingerprint density at radius 1 is 1.38 bits per heavy atom. The van der Waals surface area contributed by atoms with Crippen molar-refractivity contribution >= 4 is 5.97 Å². The molecule has 0 bridgehead atoms. The summed E-state index contributed by atoms with van der Waals surface area (Å²) in [5, 5.41) is 8.62. The van der Waals surface area contributed by atoms with E-state index < -0.39 is 5.79 Å². The van der Waals surface area contributed by atoms with E-state index in [0.29, 0.717) is 12.8 Å². The Morgan fingerprint density at radius 3 is 2.81 bits per heavy atom. The van der Waals surface area contributed by atoms with Gasteiger partial charge in [0.25, 0.3) is 5.79 Å². The molecule has 0 aliphatic carbocycles. The van der Waals surface area contributed by atoms with Gasteiger partial charge in [-0.1, -0.05) is 0 Å². The minimum Gasteiger partial charge on any atom is -0.460 e. The standard InChI is InChI=1S/C12H15NO3/c13-8-5-10-3-1-6-12(15-9-10)7-2-4-11(14)16-12/h9H,1-7H2. The molecule has 0 aromatic carbocycles. The van der Waals surface area contributed by atoms with Gasteiger partial charge in [0.15, 0.2) is 0 Å². The molecule has 86 valence electrons. The lowest BCUT2D eigenvalue weighted by Gasteiger charge is -2.34. The predicted molar refractivity (Wildman–Crippen MR) is 55.9 cm³/mol. The molecule has 0 N–H and O–H groups in total. The average Bonchev–Trinajstić information content (AvgIpc) is 2.43. The van der Waals surface area contributed by atoms with Crippen LogP contribution in [0.3, 0.4) is 0 Å². The first kappa shape index (κ1) is 11.0. The second-order valence-electron chi connectivity index (χ2n) is 4.32. The maximum absolute atomic E-state index is 11.3. The van der Waals surface area contributed by atoms with E-state index in [-0.39, 0.29) is 5.97 Å². The Hall–Kier alpha value is -1.50. The summed E-state index contributed by atoms with van der Waals surface area (Å²) in [7, 11) is 0. The Bertz CT molecular complexity index is 356. The molecule has 1 atom stereocenters. The molecule has 1 unspecified atom stereocenters. The van der Waals surface area contributed by atoms with Crippen molar-refractivity contribution < 1.29 is 14.3 Å². The molecule has 0 aromatic heterocycles. The lowest BCUT2D eigenvalue weighted by atomic mass is 9.98. The Balaban J connectivity index is 2.06. The van der Waals surface area contributed by atoms with Crippen molar-refractivity contribution in [2.24, 2.45) is 0 Å². The summed E-state index contributed by atoms with van der Waals surface area (Å²) < 4.78 is 10.9. The first-order valence-corrected chi connectivity index (χ1v) is 5.69. The fraction of sp³-hybridized carbons (Fsp3) is 0.667. The van der Waals surface area contributed by atoms with Crippen molar-refractivity contribution in [3.05, 3.63) is 11.8 Å². The van der Waals surface area contributed by atoms with E-state index in [0.717, 1.165) is 37.7 Å². The third-order valence-electron chi connectivity index (χ3n) is 3.04. The predicted octanol–water partition coefficient (Wildman–Crippen LogP) is 2.41. The quantitative estimate of drug-likeness (QED) is 0.638. The SMILES string of the molecule is N#CCC1=COC2(CCCC(=O)O2)CCC1. The summed E-state index contributed by atoms with van der Waals surface area (Å²) in [5.74, 6) is -0.921. The van der Waals surface area contributed by atoms with Crippen LogP contribution in [0.4, 0.5) is 0 Å². The van der Waals surface area contributed by atoms with Gasteiger partial charge in [0, 0.05) is 19.3 Å². The Kier molecular flexibility index (Phi) is 3.14. The summed E-state index contributed by atoms with van der Waals surface area (Å²) >= 11 is 0. The monoisotopic (exact) mass is 221 g/mol. The fourth-order valence-corrected chi connectivity index (χ4v) is 2.20. The highest BCUT2D eigenvalue weighted by Crippen LogP contribution is 2.35. The second kappa shape index (κ2) is 4.56. The molecule has 16 heavy (non-hydrogen) atoms. The van der Waals surface area contributed by atoms with Crippen molar-refractivity contribution in [3.63, 3.8) is 0 Å². The van der Waals surface area contributed by atoms with Crippen LogP contribution in [0.15, 0.2) is 11.8 Å². The minimum absolute atomic E-state index is 0.177. The van der Waals surface area contributed by atoms with Gasteiger partial charge in [0.2, 0.25) is 0 Å². The maximum Gasteiger partial charge on any atom is 0.309 e. The van der Waals surface area contributed by atoms with Gasteiger partial charge in [0.05, 0.1) is 18.8 Å². The molecule has 2 aliphatic rings. The number of carbonyl (C=O) groups excluding carboxylic acids is 1. The smallest absolute Gasteiger partial charge is 0.309 e. The molecule has 0 saturated carbocycles. The van der Waals surface area contributed by atoms with Gasteiger partial charge in [-0.15, -0.1) is 0 Å². The van der Waals surface area contributed by atoms with E-state index in [4.69, 9.17) is 14.7 Å². The highest BCUT2D eigenvalue weighted by Gasteiger charge is 2.39. The van der Waals surface area contributed by atoms with Crippen LogP contribution in [-0.2, 0) is 14.3 Å². The number of nitriles is 1. The largest absolute Gasteiger partial charge is 0.460 e. The van der Waals surface area contributed by atoms with Crippen LogP contribution in [0.2, 0.25) is 0 Å². The molecule has 1 saturated heterocycles. The van der Waals surface area contributed by atoms with Gasteiger partial charge in [-0.2, -0.15) is 5.26 Å². The van der Waals surface area contributed by atoms with Crippen molar-refractivity contribution in [3.8, 4) is 6.07 Å². The maximum atomic E-state index is 11.3. The molecule has 0 aromatic rings. The number of allylic oxidation sites excluding steroid dienone is 1. The summed E-state index contributed by atoms with van der Waals surface area (Å²) in [6.07, 6.45) is 6.56. The van der Waals surface area contributed by atoms with E-state index in [1.165, 1.54) is 0 Å². The molecule has 4 heteroatoms. The summed E-state index contributed by atoms with van der Waals surface area (Å²) in [6, 6.07) is 2.11. The van der Waals surface area contributed by atoms with Crippen molar-refractivity contribution in [1.82, 2.24) is 0 Å². The average molecular weight is 221 g/mol. The van der Waals surface area contributed by atoms with Crippen LogP contribution in [0, 0.1) is 11.3 Å². The Morgan fingerprint density at radius 2 is 2.12 bits per heavy atom. The summed E-state index contributed by atoms with van der Waals surface area (Å²) in [6.45, 7) is 0. The molecule has 2 aliphatic heterocycles. The summed E-state index contributed by atoms with van der Waals surface area (Å²) in [5.41, 5.74) is 0.987. The highest BCUT2D eigenvalue weighted by molar-refractivity contribution is 5.70. The molecule has 2 rings (SSSR count). The van der Waals surface area contributed by atoms with Crippen LogP contribution in [-0.4, -0.2) is 11.8 Å². The van der Waals surface area contributed by atoms with Gasteiger partial charge >= 0.3 is 5.97 Å². The Labute approximate surface area is 94.8 Å². The first-order chi connectivity index (χ1) is 7.74. The molecule has 4 nitrogen and oxygen atoms in total. The number of carbonyl (C=O) groups is 1. The van der Waals surface area contributed by atoms with Crippen molar-refractivity contribution in [2.45, 2.75) is 50.7 Å². The normalized spacial score (nSPS) is 29.7. The fourth-order valence-electron chi connectivity index (χ4n) is 2.20. The van der Waals surface area contributed by atoms with E-state index in [9.17, 15) is 4.79 Å². The summed E-state index contributed by atoms with van der Waals surface area (Å²) in [4.78, 5) is 11.3. The van der Waals surface area contributed by atoms with Gasteiger partial charge in [-0.3, -0.25) is 4.79 Å². The number of rotatable bonds is 1. The van der Waals surface area contributed by atoms with E-state index in [2.05, 4.69) is 6.07 Å². The zero-order chi connectivity index (χ0) is 11.4. The molecular weight excluding hydrogens is 206 g/mol. The van der Waals surface area contributed by atoms with Crippen LogP contribution in [0.1, 0.15) is 44.9 Å². The van der Waals surface area contributed by atoms with Crippen LogP contribution in [0.25, 0.3) is 0 Å². The molecule has 0 radical (unpaired) electrons. The van der Waals surface area contributed by atoms with Crippen molar-refractivity contribution in [2.75, 3.05) is 0 Å². The first-order valence-electron chi connectivity index (χ1n) is 5.69. The zero-order valence-corrected chi connectivity index (χ0v) is 9.20. The lowest BCUT2D eigenvalue weighted by Crippen LogP contribution is -2.39. The second-order valence-corrected chi connectivity index (χ2v) is 4.32. The third-order valence-corrected chi connectivity index (χ3v) is 3.04. The number of nitrogens with zero attached hydrogens (tertiary/aromatic N) is 1. The number of esters is 1. The molecule has 0 amide bonds. The van der Waals surface area contributed by atoms with Crippen LogP contribution >= 0.6 is 0 Å². The molecule has 2 heterocycles. The molecule has 1 fully saturated rings. The lowest BCUT2D eigenvalue weighted by molar-refractivity contribution is -0.227. The van der Waals surface area contributed by atoms with E-state index in [1.54, 1.807) is 6.26 Å². The highest BCUT2D eigenvalue weighted by atomic mass is 16.7. The third kappa shape index (κ3) is 2.35. The van der Waals surface area contributed by atoms with E-state index in [1.807, 2.05) is 0 Å². The van der Waals surface area contributed by atoms with Gasteiger partial charge < -0.3 is 9.47 Å². The number of hydrogen-bond acceptors (Lipinski definition) is 4. The minimum atomic E-state index is -0.744. The molecule has 1 spiro atoms. The zero-order valence-electron chi connectivity index (χ0n) is 9.20. The van der Waals surface area contributed by atoms with Crippen molar-refractivity contribution in [1.29, 1.82) is 5.26 Å². The van der Waals surface area contributed by atoms with Gasteiger partial charge in [-0.05, 0) is 24.8 Å². The van der Waals surface area contributed by atoms with Gasteiger partial charge in [0.1, 0.15) is 0 Å². The van der Waals surface area contributed by atoms with Crippen LogP contribution in [0.5, 0.6) is 0 Å². The number of hydrogen-bond donors (Lipinski definition) is 0. The van der Waals surface area contributed by atoms with Gasteiger partial charge in [-0.25, -0.2) is 0 Å². The van der Waals surface area contributed by atoms with Crippen LogP contribution < -0.4 is 0 Å². The molecular formula is C12H15NO3. The van der Waals surface area contributed by atoms with E-state index >= 15 is 0 Å².